The Balaban J connectivity index is 1.92. The minimum Gasteiger partial charge on any atom is -0.507 e. The van der Waals surface area contributed by atoms with Crippen LogP contribution in [-0.2, 0) is 4.79 Å². The summed E-state index contributed by atoms with van der Waals surface area (Å²) in [7, 11) is 0. The predicted octanol–water partition coefficient (Wildman–Crippen LogP) is 5.74. The van der Waals surface area contributed by atoms with Crippen LogP contribution in [0.2, 0.25) is 0 Å². The second-order valence-corrected chi connectivity index (χ2v) is 7.19. The van der Waals surface area contributed by atoms with Crippen molar-refractivity contribution in [3.05, 3.63) is 101 Å². The van der Waals surface area contributed by atoms with Crippen molar-refractivity contribution in [2.45, 2.75) is 13.3 Å². The summed E-state index contributed by atoms with van der Waals surface area (Å²) in [5, 5.41) is 27.5. The number of para-hydroxylation sites is 1. The van der Waals surface area contributed by atoms with Crippen molar-refractivity contribution in [1.29, 1.82) is 0 Å². The highest BCUT2D eigenvalue weighted by atomic mass is 16.4. The van der Waals surface area contributed by atoms with E-state index in [4.69, 9.17) is 5.11 Å². The number of hydrogen-bond acceptors (Lipinski definition) is 3. The van der Waals surface area contributed by atoms with Crippen LogP contribution >= 0.6 is 0 Å². The molecule has 0 aliphatic carbocycles. The Morgan fingerprint density at radius 3 is 2.48 bits per heavy atom. The van der Waals surface area contributed by atoms with Gasteiger partial charge in [-0.25, -0.2) is 4.79 Å². The van der Waals surface area contributed by atoms with Gasteiger partial charge in [-0.1, -0.05) is 55.5 Å². The monoisotopic (exact) mass is 410 g/mol. The number of H-pyrrole nitrogens is 1. The van der Waals surface area contributed by atoms with E-state index < -0.39 is 5.97 Å². The molecule has 0 radical (unpaired) electrons. The first-order valence-electron chi connectivity index (χ1n) is 10.0. The second-order valence-electron chi connectivity index (χ2n) is 7.19. The second kappa shape index (κ2) is 8.71. The fourth-order valence-corrected chi connectivity index (χ4v) is 3.77. The summed E-state index contributed by atoms with van der Waals surface area (Å²) in [4.78, 5) is 10.8. The van der Waals surface area contributed by atoms with Gasteiger partial charge >= 0.3 is 5.97 Å². The predicted molar refractivity (Wildman–Crippen MR) is 124 cm³/mol. The summed E-state index contributed by atoms with van der Waals surface area (Å²) < 4.78 is 0. The van der Waals surface area contributed by atoms with Crippen molar-refractivity contribution in [2.75, 3.05) is 0 Å². The number of rotatable bonds is 6. The van der Waals surface area contributed by atoms with Crippen molar-refractivity contribution < 1.29 is 15.0 Å². The van der Waals surface area contributed by atoms with Crippen LogP contribution in [0.1, 0.15) is 35.6 Å². The molecule has 5 nitrogen and oxygen atoms in total. The summed E-state index contributed by atoms with van der Waals surface area (Å²) in [6, 6.07) is 21.2. The Morgan fingerprint density at radius 1 is 1.03 bits per heavy atom. The van der Waals surface area contributed by atoms with E-state index in [1.807, 2.05) is 54.6 Å². The molecule has 4 aromatic rings. The molecule has 1 heterocycles. The highest BCUT2D eigenvalue weighted by Crippen LogP contribution is 2.38. The molecule has 0 atom stereocenters. The Labute approximate surface area is 180 Å². The van der Waals surface area contributed by atoms with Gasteiger partial charge in [-0.05, 0) is 58.5 Å². The maximum Gasteiger partial charge on any atom is 0.328 e. The largest absolute Gasteiger partial charge is 0.507 e. The van der Waals surface area contributed by atoms with Gasteiger partial charge in [0.15, 0.2) is 0 Å². The summed E-state index contributed by atoms with van der Waals surface area (Å²) in [6.45, 7) is 2.07. The molecule has 1 aromatic heterocycles. The maximum atomic E-state index is 10.8. The normalized spacial score (nSPS) is 12.3. The smallest absolute Gasteiger partial charge is 0.328 e. The molecule has 0 bridgehead atoms. The summed E-state index contributed by atoms with van der Waals surface area (Å²) in [5.41, 5.74) is 6.59. The van der Waals surface area contributed by atoms with Crippen molar-refractivity contribution in [1.82, 2.24) is 10.2 Å². The number of aromatic nitrogens is 2. The lowest BCUT2D eigenvalue weighted by Gasteiger charge is -2.17. The Morgan fingerprint density at radius 2 is 1.77 bits per heavy atom. The molecule has 0 fully saturated rings. The highest BCUT2D eigenvalue weighted by Gasteiger charge is 2.16. The number of nitrogens with zero attached hydrogens (tertiary/aromatic N) is 1. The van der Waals surface area contributed by atoms with E-state index in [-0.39, 0.29) is 5.75 Å². The van der Waals surface area contributed by atoms with Crippen LogP contribution in [0, 0.1) is 0 Å². The first kappa shape index (κ1) is 20.2. The van der Waals surface area contributed by atoms with Crippen LogP contribution in [-0.4, -0.2) is 26.4 Å². The van der Waals surface area contributed by atoms with Crippen LogP contribution in [0.25, 0.3) is 28.1 Å². The zero-order chi connectivity index (χ0) is 21.8. The van der Waals surface area contributed by atoms with Crippen LogP contribution < -0.4 is 0 Å². The van der Waals surface area contributed by atoms with E-state index in [0.717, 1.165) is 56.8 Å². The van der Waals surface area contributed by atoms with Gasteiger partial charge in [0, 0.05) is 17.0 Å². The molecule has 0 saturated heterocycles. The molecule has 154 valence electrons. The van der Waals surface area contributed by atoms with Gasteiger partial charge in [0.05, 0.1) is 11.7 Å². The van der Waals surface area contributed by atoms with Gasteiger partial charge in [0.25, 0.3) is 0 Å². The molecule has 4 rings (SSSR count). The molecule has 0 amide bonds. The minimum atomic E-state index is -0.981. The van der Waals surface area contributed by atoms with Gasteiger partial charge < -0.3 is 10.2 Å². The number of carbonyl (C=O) groups is 1. The molecular formula is C26H22N2O3. The minimum absolute atomic E-state index is 0.238. The van der Waals surface area contributed by atoms with E-state index in [1.165, 1.54) is 0 Å². The van der Waals surface area contributed by atoms with Gasteiger partial charge in [0.1, 0.15) is 5.75 Å². The standard InChI is InChI=1S/C26H22N2O3/c1-2-21(22-5-3-4-6-24(22)29)26(19-12-13-23-20(15-19)16-27-28-23)18-10-7-17(8-11-18)9-14-25(30)31/h3-16,29H,2H2,1H3,(H,27,28)(H,30,31)/b14-9+,26-21+. The molecule has 0 unspecified atom stereocenters. The molecule has 0 spiro atoms. The fourth-order valence-electron chi connectivity index (χ4n) is 3.77. The topological polar surface area (TPSA) is 86.2 Å². The molecular weight excluding hydrogens is 388 g/mol. The van der Waals surface area contributed by atoms with Crippen LogP contribution in [0.15, 0.2) is 79.0 Å². The third kappa shape index (κ3) is 4.26. The lowest BCUT2D eigenvalue weighted by molar-refractivity contribution is -0.131. The first-order valence-corrected chi connectivity index (χ1v) is 10.0. The Hall–Kier alpha value is -4.12. The van der Waals surface area contributed by atoms with Gasteiger partial charge in [0.2, 0.25) is 0 Å². The average Bonchev–Trinajstić information content (AvgIpc) is 3.25. The number of benzene rings is 3. The number of phenolic OH excluding ortho intramolecular Hbond substituents is 1. The Kier molecular flexibility index (Phi) is 5.67. The number of aromatic hydroxyl groups is 1. The van der Waals surface area contributed by atoms with E-state index in [0.29, 0.717) is 0 Å². The molecule has 31 heavy (non-hydrogen) atoms. The third-order valence-electron chi connectivity index (χ3n) is 5.23. The summed E-state index contributed by atoms with van der Waals surface area (Å²) in [5.74, 6) is -0.742. The number of carboxylic acids is 1. The van der Waals surface area contributed by atoms with Crippen molar-refractivity contribution >= 4 is 34.1 Å². The quantitative estimate of drug-likeness (QED) is 0.280. The van der Waals surface area contributed by atoms with Gasteiger partial charge in [-0.2, -0.15) is 5.10 Å². The van der Waals surface area contributed by atoms with E-state index >= 15 is 0 Å². The molecule has 0 aliphatic rings. The van der Waals surface area contributed by atoms with Crippen LogP contribution in [0.5, 0.6) is 5.75 Å². The number of aromatic amines is 1. The van der Waals surface area contributed by atoms with E-state index in [9.17, 15) is 9.90 Å². The van der Waals surface area contributed by atoms with E-state index in [1.54, 1.807) is 18.3 Å². The zero-order valence-corrected chi connectivity index (χ0v) is 17.0. The Bertz CT molecular complexity index is 1300. The van der Waals surface area contributed by atoms with Crippen molar-refractivity contribution in [2.24, 2.45) is 0 Å². The zero-order valence-electron chi connectivity index (χ0n) is 17.0. The number of carboxylic acid groups (broad SMARTS) is 1. The van der Waals surface area contributed by atoms with E-state index in [2.05, 4.69) is 23.2 Å². The molecule has 3 N–H and O–H groups in total. The number of aliphatic carboxylic acids is 1. The molecule has 5 heteroatoms. The number of fused-ring (bicyclic) bond motifs is 1. The maximum absolute atomic E-state index is 10.8. The highest BCUT2D eigenvalue weighted by molar-refractivity contribution is 6.01. The molecule has 0 saturated carbocycles. The van der Waals surface area contributed by atoms with Gasteiger partial charge in [-0.15, -0.1) is 0 Å². The lowest BCUT2D eigenvalue weighted by atomic mass is 9.87. The fraction of sp³-hybridized carbons (Fsp3) is 0.0769. The number of hydrogen-bond donors (Lipinski definition) is 3. The number of allylic oxidation sites excluding steroid dienone is 1. The number of phenols is 1. The van der Waals surface area contributed by atoms with Gasteiger partial charge in [-0.3, -0.25) is 5.10 Å². The SMILES string of the molecule is CC/C(=C(/c1ccc(/C=C/C(=O)O)cc1)c1ccc2[nH]ncc2c1)c1ccccc1O. The summed E-state index contributed by atoms with van der Waals surface area (Å²) >= 11 is 0. The first-order chi connectivity index (χ1) is 15.1. The van der Waals surface area contributed by atoms with Crippen LogP contribution in [0.4, 0.5) is 0 Å². The average molecular weight is 410 g/mol. The molecule has 3 aromatic carbocycles. The molecule has 0 aliphatic heterocycles. The lowest BCUT2D eigenvalue weighted by Crippen LogP contribution is -1.96. The van der Waals surface area contributed by atoms with Crippen LogP contribution in [0.3, 0.4) is 0 Å². The third-order valence-corrected chi connectivity index (χ3v) is 5.23. The van der Waals surface area contributed by atoms with Crippen molar-refractivity contribution in [3.8, 4) is 5.75 Å². The number of nitrogens with one attached hydrogen (secondary N) is 1. The summed E-state index contributed by atoms with van der Waals surface area (Å²) in [6.07, 6.45) is 5.20. The van der Waals surface area contributed by atoms with Crippen molar-refractivity contribution in [3.63, 3.8) is 0 Å².